The van der Waals surface area contributed by atoms with Crippen molar-refractivity contribution in [3.8, 4) is 0 Å². The molecule has 1 atom stereocenters. The lowest BCUT2D eigenvalue weighted by Crippen LogP contribution is -2.41. The molecule has 0 aliphatic carbocycles. The Morgan fingerprint density at radius 1 is 1.27 bits per heavy atom. The lowest BCUT2D eigenvalue weighted by atomic mass is 10.0. The lowest BCUT2D eigenvalue weighted by Gasteiger charge is -2.16. The second kappa shape index (κ2) is 7.96. The Morgan fingerprint density at radius 3 is 2.41 bits per heavy atom. The van der Waals surface area contributed by atoms with Crippen molar-refractivity contribution in [3.63, 3.8) is 0 Å². The molecule has 0 aliphatic heterocycles. The number of aryl methyl sites for hydroxylation is 1. The van der Waals surface area contributed by atoms with Gasteiger partial charge in [-0.05, 0) is 31.6 Å². The number of nitrogens with zero attached hydrogens (tertiary/aromatic N) is 2. The summed E-state index contributed by atoms with van der Waals surface area (Å²) >= 11 is 0. The van der Waals surface area contributed by atoms with Gasteiger partial charge in [-0.25, -0.2) is 4.79 Å². The van der Waals surface area contributed by atoms with Gasteiger partial charge < -0.3 is 10.4 Å². The fourth-order valence-electron chi connectivity index (χ4n) is 2.20. The van der Waals surface area contributed by atoms with Gasteiger partial charge in [0.15, 0.2) is 0 Å². The molecule has 0 saturated carbocycles. The maximum atomic E-state index is 12.3. The number of carbonyl (C=O) groups excluding carboxylic acids is 1. The largest absolute Gasteiger partial charge is 0.480 e. The second-order valence-electron chi connectivity index (χ2n) is 6.54. The lowest BCUT2D eigenvalue weighted by molar-refractivity contribution is -0.139. The Labute approximate surface area is 131 Å². The number of hydrogen-bond donors (Lipinski definition) is 2. The molecule has 0 fully saturated rings. The third kappa shape index (κ3) is 5.16. The van der Waals surface area contributed by atoms with Crippen LogP contribution >= 0.6 is 0 Å². The van der Waals surface area contributed by atoms with E-state index in [4.69, 9.17) is 0 Å². The Morgan fingerprint density at radius 2 is 1.91 bits per heavy atom. The molecule has 0 aliphatic rings. The first-order chi connectivity index (χ1) is 10.2. The molecule has 6 nitrogen and oxygen atoms in total. The molecule has 0 saturated heterocycles. The average Bonchev–Trinajstić information content (AvgIpc) is 2.76. The highest BCUT2D eigenvalue weighted by molar-refractivity contribution is 5.97. The summed E-state index contributed by atoms with van der Waals surface area (Å²) in [6.07, 6.45) is 2.90. The van der Waals surface area contributed by atoms with Gasteiger partial charge >= 0.3 is 5.97 Å². The molecular formula is C16H27N3O3. The van der Waals surface area contributed by atoms with E-state index in [1.807, 2.05) is 20.8 Å². The first kappa shape index (κ1) is 18.2. The summed E-state index contributed by atoms with van der Waals surface area (Å²) in [6.45, 7) is 10.7. The molecule has 2 N–H and O–H groups in total. The van der Waals surface area contributed by atoms with Gasteiger partial charge in [-0.15, -0.1) is 0 Å². The highest BCUT2D eigenvalue weighted by atomic mass is 16.4. The Balaban J connectivity index is 2.78. The summed E-state index contributed by atoms with van der Waals surface area (Å²) in [6, 6.07) is -0.870. The molecule has 0 bridgehead atoms. The molecule has 6 heteroatoms. The number of rotatable bonds is 8. The zero-order valence-electron chi connectivity index (χ0n) is 14.1. The number of nitrogens with one attached hydrogen (secondary N) is 1. The average molecular weight is 309 g/mol. The van der Waals surface area contributed by atoms with Crippen LogP contribution in [-0.2, 0) is 11.3 Å². The molecule has 22 heavy (non-hydrogen) atoms. The fraction of sp³-hybridized carbons (Fsp3) is 0.688. The van der Waals surface area contributed by atoms with Crippen LogP contribution in [0.3, 0.4) is 0 Å². The molecule has 1 amide bonds. The van der Waals surface area contributed by atoms with Crippen LogP contribution in [0.5, 0.6) is 0 Å². The van der Waals surface area contributed by atoms with Crippen molar-refractivity contribution in [2.75, 3.05) is 0 Å². The van der Waals surface area contributed by atoms with Gasteiger partial charge in [0, 0.05) is 12.2 Å². The van der Waals surface area contributed by atoms with E-state index in [0.717, 1.165) is 18.7 Å². The predicted octanol–water partition coefficient (Wildman–Crippen LogP) is 2.47. The van der Waals surface area contributed by atoms with Crippen molar-refractivity contribution in [2.45, 2.75) is 60.0 Å². The third-order valence-electron chi connectivity index (χ3n) is 3.58. The number of carboxylic acids is 1. The maximum absolute atomic E-state index is 12.3. The standard InChI is InChI=1S/C16H27N3O3/c1-10(2)6-7-19-12(5)13(9-17-19)15(20)18-14(16(21)22)8-11(3)4/h9-11,14H,6-8H2,1-5H3,(H,18,20)(H,21,22)/t14-/m0/s1. The third-order valence-corrected chi connectivity index (χ3v) is 3.58. The van der Waals surface area contributed by atoms with Crippen LogP contribution in [0.25, 0.3) is 0 Å². The summed E-state index contributed by atoms with van der Waals surface area (Å²) in [4.78, 5) is 23.5. The molecule has 1 rings (SSSR count). The molecule has 0 spiro atoms. The van der Waals surface area contributed by atoms with Crippen molar-refractivity contribution in [1.29, 1.82) is 0 Å². The minimum Gasteiger partial charge on any atom is -0.480 e. The van der Waals surface area contributed by atoms with Gasteiger partial charge in [0.05, 0.1) is 11.8 Å². The second-order valence-corrected chi connectivity index (χ2v) is 6.54. The van der Waals surface area contributed by atoms with Gasteiger partial charge in [0.1, 0.15) is 6.04 Å². The van der Waals surface area contributed by atoms with Crippen LogP contribution in [0.4, 0.5) is 0 Å². The number of carbonyl (C=O) groups is 2. The van der Waals surface area contributed by atoms with Crippen LogP contribution in [0.1, 0.15) is 56.6 Å². The molecule has 0 unspecified atom stereocenters. The quantitative estimate of drug-likeness (QED) is 0.772. The Kier molecular flexibility index (Phi) is 6.59. The first-order valence-electron chi connectivity index (χ1n) is 7.78. The molecular weight excluding hydrogens is 282 g/mol. The molecule has 1 aromatic rings. The van der Waals surface area contributed by atoms with E-state index < -0.39 is 12.0 Å². The summed E-state index contributed by atoms with van der Waals surface area (Å²) in [5, 5.41) is 16.0. The predicted molar refractivity (Wildman–Crippen MR) is 84.8 cm³/mol. The molecule has 1 heterocycles. The number of aromatic nitrogens is 2. The van der Waals surface area contributed by atoms with E-state index in [1.165, 1.54) is 6.20 Å². The van der Waals surface area contributed by atoms with Crippen LogP contribution in [0.2, 0.25) is 0 Å². The number of hydrogen-bond acceptors (Lipinski definition) is 3. The van der Waals surface area contributed by atoms with Crippen molar-refractivity contribution in [2.24, 2.45) is 11.8 Å². The SMILES string of the molecule is Cc1c(C(=O)N[C@@H](CC(C)C)C(=O)O)cnn1CCC(C)C. The summed E-state index contributed by atoms with van der Waals surface area (Å²) in [5.41, 5.74) is 1.21. The molecule has 1 aromatic heterocycles. The highest BCUT2D eigenvalue weighted by Gasteiger charge is 2.23. The monoisotopic (exact) mass is 309 g/mol. The highest BCUT2D eigenvalue weighted by Crippen LogP contribution is 2.12. The van der Waals surface area contributed by atoms with Crippen LogP contribution in [0, 0.1) is 18.8 Å². The maximum Gasteiger partial charge on any atom is 0.326 e. The number of aliphatic carboxylic acids is 1. The molecule has 0 radical (unpaired) electrons. The van der Waals surface area contributed by atoms with Crippen LogP contribution in [-0.4, -0.2) is 32.8 Å². The van der Waals surface area contributed by atoms with E-state index >= 15 is 0 Å². The van der Waals surface area contributed by atoms with Crippen molar-refractivity contribution in [3.05, 3.63) is 17.5 Å². The van der Waals surface area contributed by atoms with Gasteiger partial charge in [0.2, 0.25) is 0 Å². The number of carboxylic acid groups (broad SMARTS) is 1. The van der Waals surface area contributed by atoms with Crippen LogP contribution in [0.15, 0.2) is 6.20 Å². The van der Waals surface area contributed by atoms with Gasteiger partial charge in [-0.1, -0.05) is 27.7 Å². The van der Waals surface area contributed by atoms with E-state index in [-0.39, 0.29) is 11.8 Å². The Bertz CT molecular complexity index is 521. The van der Waals surface area contributed by atoms with E-state index in [0.29, 0.717) is 17.9 Å². The normalized spacial score (nSPS) is 12.7. The molecule has 0 aromatic carbocycles. The van der Waals surface area contributed by atoms with E-state index in [2.05, 4.69) is 24.3 Å². The van der Waals surface area contributed by atoms with Crippen molar-refractivity contribution >= 4 is 11.9 Å². The zero-order valence-corrected chi connectivity index (χ0v) is 14.1. The number of amides is 1. The fourth-order valence-corrected chi connectivity index (χ4v) is 2.20. The topological polar surface area (TPSA) is 84.2 Å². The summed E-state index contributed by atoms with van der Waals surface area (Å²) in [7, 11) is 0. The van der Waals surface area contributed by atoms with Gasteiger partial charge in [0.25, 0.3) is 5.91 Å². The first-order valence-corrected chi connectivity index (χ1v) is 7.78. The van der Waals surface area contributed by atoms with Crippen LogP contribution < -0.4 is 5.32 Å². The van der Waals surface area contributed by atoms with Gasteiger partial charge in [-0.2, -0.15) is 5.10 Å². The minimum atomic E-state index is -1.01. The zero-order chi connectivity index (χ0) is 16.9. The summed E-state index contributed by atoms with van der Waals surface area (Å²) in [5.74, 6) is -0.632. The smallest absolute Gasteiger partial charge is 0.326 e. The van der Waals surface area contributed by atoms with Crippen molar-refractivity contribution in [1.82, 2.24) is 15.1 Å². The Hall–Kier alpha value is -1.85. The minimum absolute atomic E-state index is 0.191. The summed E-state index contributed by atoms with van der Waals surface area (Å²) < 4.78 is 1.80. The molecule has 124 valence electrons. The van der Waals surface area contributed by atoms with E-state index in [1.54, 1.807) is 4.68 Å². The van der Waals surface area contributed by atoms with E-state index in [9.17, 15) is 14.7 Å². The van der Waals surface area contributed by atoms with Crippen molar-refractivity contribution < 1.29 is 14.7 Å². The van der Waals surface area contributed by atoms with Gasteiger partial charge in [-0.3, -0.25) is 9.48 Å².